The summed E-state index contributed by atoms with van der Waals surface area (Å²) in [6.45, 7) is 2.19. The van der Waals surface area contributed by atoms with E-state index in [1.54, 1.807) is 37.5 Å². The monoisotopic (exact) mass is 279 g/mol. The fourth-order valence-electron chi connectivity index (χ4n) is 1.83. The van der Waals surface area contributed by atoms with Gasteiger partial charge in [-0.1, -0.05) is 18.2 Å². The molecular weight excluding hydrogens is 262 g/mol. The molecule has 0 saturated carbocycles. The summed E-state index contributed by atoms with van der Waals surface area (Å²) in [6.07, 6.45) is 4.88. The zero-order valence-corrected chi connectivity index (χ0v) is 11.6. The molecule has 2 rings (SSSR count). The first-order valence-corrected chi connectivity index (χ1v) is 7.61. The van der Waals surface area contributed by atoms with Crippen LogP contribution >= 0.6 is 0 Å². The predicted octanol–water partition coefficient (Wildman–Crippen LogP) is 1.63. The molecule has 1 aromatic heterocycles. The minimum atomic E-state index is -3.41. The van der Waals surface area contributed by atoms with Crippen LogP contribution in [0.25, 0.3) is 0 Å². The molecule has 1 aromatic carbocycles. The number of rotatable bonds is 6. The topological polar surface area (TPSA) is 74.8 Å². The Bertz CT molecular complexity index is 621. The zero-order chi connectivity index (χ0) is 13.7. The number of hydrogen-bond acceptors (Lipinski definition) is 3. The normalized spacial score (nSPS) is 11.6. The SMILES string of the molecule is Cc1ccccc1S(=O)(=O)NCCCc1ncc[nH]1. The van der Waals surface area contributed by atoms with Crippen molar-refractivity contribution >= 4 is 10.0 Å². The van der Waals surface area contributed by atoms with Gasteiger partial charge < -0.3 is 4.98 Å². The molecule has 2 N–H and O–H groups in total. The summed E-state index contributed by atoms with van der Waals surface area (Å²) in [5.74, 6) is 0.870. The van der Waals surface area contributed by atoms with Crippen molar-refractivity contribution < 1.29 is 8.42 Å². The van der Waals surface area contributed by atoms with E-state index >= 15 is 0 Å². The standard InChI is InChI=1S/C13H17N3O2S/c1-11-5-2-3-6-12(11)19(17,18)16-8-4-7-13-14-9-10-15-13/h2-3,5-6,9-10,16H,4,7-8H2,1H3,(H,14,15). The van der Waals surface area contributed by atoms with Crippen LogP contribution in [-0.2, 0) is 16.4 Å². The molecule has 0 bridgehead atoms. The van der Waals surface area contributed by atoms with Crippen LogP contribution in [0.4, 0.5) is 0 Å². The summed E-state index contributed by atoms with van der Waals surface area (Å²) in [5, 5.41) is 0. The van der Waals surface area contributed by atoms with Gasteiger partial charge in [-0.3, -0.25) is 0 Å². The van der Waals surface area contributed by atoms with E-state index in [1.807, 2.05) is 6.07 Å². The highest BCUT2D eigenvalue weighted by Crippen LogP contribution is 2.13. The van der Waals surface area contributed by atoms with Crippen LogP contribution in [0.1, 0.15) is 17.8 Å². The van der Waals surface area contributed by atoms with Crippen molar-refractivity contribution in [2.24, 2.45) is 0 Å². The minimum Gasteiger partial charge on any atom is -0.349 e. The van der Waals surface area contributed by atoms with Gasteiger partial charge in [0.15, 0.2) is 0 Å². The Morgan fingerprint density at radius 2 is 2.11 bits per heavy atom. The lowest BCUT2D eigenvalue weighted by Gasteiger charge is -2.08. The van der Waals surface area contributed by atoms with Crippen LogP contribution in [-0.4, -0.2) is 24.9 Å². The maximum Gasteiger partial charge on any atom is 0.240 e. The van der Waals surface area contributed by atoms with Crippen LogP contribution in [0, 0.1) is 6.92 Å². The molecule has 5 nitrogen and oxygen atoms in total. The van der Waals surface area contributed by atoms with Crippen LogP contribution in [0.15, 0.2) is 41.6 Å². The lowest BCUT2D eigenvalue weighted by atomic mass is 10.2. The van der Waals surface area contributed by atoms with E-state index in [0.717, 1.165) is 17.8 Å². The summed E-state index contributed by atoms with van der Waals surface area (Å²) in [4.78, 5) is 7.42. The molecule has 0 amide bonds. The molecule has 19 heavy (non-hydrogen) atoms. The van der Waals surface area contributed by atoms with Gasteiger partial charge in [0, 0.05) is 25.4 Å². The van der Waals surface area contributed by atoms with Gasteiger partial charge in [-0.25, -0.2) is 18.1 Å². The predicted molar refractivity (Wildman–Crippen MR) is 73.3 cm³/mol. The van der Waals surface area contributed by atoms with Crippen LogP contribution in [0.2, 0.25) is 0 Å². The lowest BCUT2D eigenvalue weighted by molar-refractivity contribution is 0.577. The second kappa shape index (κ2) is 5.99. The van der Waals surface area contributed by atoms with Gasteiger partial charge in [-0.2, -0.15) is 0 Å². The Morgan fingerprint density at radius 1 is 1.32 bits per heavy atom. The first kappa shape index (κ1) is 13.8. The molecule has 0 unspecified atom stereocenters. The van der Waals surface area contributed by atoms with E-state index in [2.05, 4.69) is 14.7 Å². The molecule has 2 aromatic rings. The number of aromatic amines is 1. The second-order valence-corrected chi connectivity index (χ2v) is 6.04. The Balaban J connectivity index is 1.90. The van der Waals surface area contributed by atoms with Crippen LogP contribution in [0.3, 0.4) is 0 Å². The van der Waals surface area contributed by atoms with Crippen molar-refractivity contribution in [2.75, 3.05) is 6.54 Å². The number of imidazole rings is 1. The molecule has 102 valence electrons. The molecule has 0 spiro atoms. The van der Waals surface area contributed by atoms with Gasteiger partial charge in [-0.15, -0.1) is 0 Å². The Labute approximate surface area is 113 Å². The first-order chi connectivity index (χ1) is 9.09. The number of aromatic nitrogens is 2. The maximum atomic E-state index is 12.1. The number of H-pyrrole nitrogens is 1. The third kappa shape index (κ3) is 3.65. The van der Waals surface area contributed by atoms with E-state index in [1.165, 1.54) is 0 Å². The highest BCUT2D eigenvalue weighted by atomic mass is 32.2. The van der Waals surface area contributed by atoms with Gasteiger partial charge in [0.2, 0.25) is 10.0 Å². The van der Waals surface area contributed by atoms with Gasteiger partial charge in [0.25, 0.3) is 0 Å². The van der Waals surface area contributed by atoms with Gasteiger partial charge in [-0.05, 0) is 25.0 Å². The molecule has 0 aliphatic heterocycles. The molecule has 6 heteroatoms. The Hall–Kier alpha value is -1.66. The van der Waals surface area contributed by atoms with Crippen LogP contribution < -0.4 is 4.72 Å². The zero-order valence-electron chi connectivity index (χ0n) is 10.8. The third-order valence-corrected chi connectivity index (χ3v) is 4.44. The number of sulfonamides is 1. The van der Waals surface area contributed by atoms with Crippen molar-refractivity contribution in [2.45, 2.75) is 24.7 Å². The fraction of sp³-hybridized carbons (Fsp3) is 0.308. The third-order valence-electron chi connectivity index (χ3n) is 2.82. The second-order valence-electron chi connectivity index (χ2n) is 4.30. The highest BCUT2D eigenvalue weighted by Gasteiger charge is 2.15. The van der Waals surface area contributed by atoms with E-state index in [4.69, 9.17) is 0 Å². The highest BCUT2D eigenvalue weighted by molar-refractivity contribution is 7.89. The molecular formula is C13H17N3O2S. The Morgan fingerprint density at radius 3 is 2.79 bits per heavy atom. The summed E-state index contributed by atoms with van der Waals surface area (Å²) >= 11 is 0. The van der Waals surface area contributed by atoms with Crippen molar-refractivity contribution in [3.8, 4) is 0 Å². The van der Waals surface area contributed by atoms with Gasteiger partial charge in [0.1, 0.15) is 5.82 Å². The number of nitrogens with one attached hydrogen (secondary N) is 2. The average molecular weight is 279 g/mol. The quantitative estimate of drug-likeness (QED) is 0.789. The fourth-order valence-corrected chi connectivity index (χ4v) is 3.15. The van der Waals surface area contributed by atoms with Gasteiger partial charge in [0.05, 0.1) is 4.90 Å². The molecule has 0 aliphatic rings. The first-order valence-electron chi connectivity index (χ1n) is 6.13. The summed E-state index contributed by atoms with van der Waals surface area (Å²) in [5.41, 5.74) is 0.751. The molecule has 0 atom stereocenters. The Kier molecular flexibility index (Phi) is 4.34. The molecule has 0 aliphatic carbocycles. The smallest absolute Gasteiger partial charge is 0.240 e. The number of benzene rings is 1. The average Bonchev–Trinajstić information content (AvgIpc) is 2.88. The van der Waals surface area contributed by atoms with Gasteiger partial charge >= 0.3 is 0 Å². The largest absolute Gasteiger partial charge is 0.349 e. The molecule has 1 heterocycles. The molecule has 0 saturated heterocycles. The van der Waals surface area contributed by atoms with Crippen molar-refractivity contribution in [3.63, 3.8) is 0 Å². The minimum absolute atomic E-state index is 0.341. The van der Waals surface area contributed by atoms with E-state index in [-0.39, 0.29) is 0 Å². The van der Waals surface area contributed by atoms with Crippen molar-refractivity contribution in [1.82, 2.24) is 14.7 Å². The van der Waals surface area contributed by atoms with Crippen LogP contribution in [0.5, 0.6) is 0 Å². The molecule has 0 fully saturated rings. The molecule has 0 radical (unpaired) electrons. The van der Waals surface area contributed by atoms with E-state index in [9.17, 15) is 8.42 Å². The number of aryl methyl sites for hydroxylation is 2. The van der Waals surface area contributed by atoms with Crippen molar-refractivity contribution in [3.05, 3.63) is 48.0 Å². The maximum absolute atomic E-state index is 12.1. The summed E-state index contributed by atoms with van der Waals surface area (Å²) in [6, 6.07) is 6.96. The lowest BCUT2D eigenvalue weighted by Crippen LogP contribution is -2.25. The summed E-state index contributed by atoms with van der Waals surface area (Å²) in [7, 11) is -3.41. The summed E-state index contributed by atoms with van der Waals surface area (Å²) < 4.78 is 26.8. The van der Waals surface area contributed by atoms with E-state index < -0.39 is 10.0 Å². The number of hydrogen-bond donors (Lipinski definition) is 2. The van der Waals surface area contributed by atoms with Crippen molar-refractivity contribution in [1.29, 1.82) is 0 Å². The van der Waals surface area contributed by atoms with E-state index in [0.29, 0.717) is 17.9 Å². The number of nitrogens with zero attached hydrogens (tertiary/aromatic N) is 1.